The molecular formula is C25H29ClF3NO2. The maximum Gasteiger partial charge on any atom is 0.416 e. The third-order valence-electron chi connectivity index (χ3n) is 6.11. The maximum absolute atomic E-state index is 13.1. The van der Waals surface area contributed by atoms with Gasteiger partial charge in [-0.15, -0.1) is 0 Å². The molecule has 0 saturated carbocycles. The van der Waals surface area contributed by atoms with Crippen LogP contribution in [0.3, 0.4) is 0 Å². The lowest BCUT2D eigenvalue weighted by molar-refractivity contribution is -0.138. The number of fused-ring (bicyclic) bond motifs is 1. The summed E-state index contributed by atoms with van der Waals surface area (Å²) in [5.74, 6) is -1.52. The number of benzene rings is 1. The first-order valence-electron chi connectivity index (χ1n) is 11.3. The van der Waals surface area contributed by atoms with E-state index in [4.69, 9.17) is 16.6 Å². The highest BCUT2D eigenvalue weighted by Gasteiger charge is 2.32. The zero-order valence-corrected chi connectivity index (χ0v) is 18.8. The van der Waals surface area contributed by atoms with Crippen LogP contribution in [0.2, 0.25) is 5.02 Å². The van der Waals surface area contributed by atoms with Crippen molar-refractivity contribution in [3.05, 3.63) is 63.4 Å². The van der Waals surface area contributed by atoms with Gasteiger partial charge in [0.15, 0.2) is 0 Å². The molecule has 0 fully saturated rings. The number of unbranched alkanes of at least 4 members (excludes halogenated alkanes) is 3. The van der Waals surface area contributed by atoms with E-state index >= 15 is 0 Å². The second-order valence-electron chi connectivity index (χ2n) is 8.63. The molecule has 0 bridgehead atoms. The largest absolute Gasteiger partial charge is 0.481 e. The van der Waals surface area contributed by atoms with E-state index in [0.29, 0.717) is 12.0 Å². The minimum absolute atomic E-state index is 0.0252. The van der Waals surface area contributed by atoms with Gasteiger partial charge in [0.2, 0.25) is 0 Å². The summed E-state index contributed by atoms with van der Waals surface area (Å²) in [7, 11) is 0. The maximum atomic E-state index is 13.1. The molecule has 1 aliphatic rings. The smallest absolute Gasteiger partial charge is 0.416 e. The number of aryl methyl sites for hydroxylation is 3. The lowest BCUT2D eigenvalue weighted by Crippen LogP contribution is -2.10. The molecule has 0 aliphatic heterocycles. The number of halogens is 4. The summed E-state index contributed by atoms with van der Waals surface area (Å²) in [4.78, 5) is 16.1. The molecule has 1 heterocycles. The van der Waals surface area contributed by atoms with Crippen molar-refractivity contribution in [2.24, 2.45) is 0 Å². The van der Waals surface area contributed by atoms with Crippen molar-refractivity contribution in [1.29, 1.82) is 0 Å². The van der Waals surface area contributed by atoms with Crippen LogP contribution in [0, 0.1) is 0 Å². The van der Waals surface area contributed by atoms with E-state index in [0.717, 1.165) is 62.8 Å². The minimum Gasteiger partial charge on any atom is -0.481 e. The van der Waals surface area contributed by atoms with E-state index in [1.54, 1.807) is 0 Å². The van der Waals surface area contributed by atoms with Crippen molar-refractivity contribution in [3.8, 4) is 0 Å². The number of aliphatic carboxylic acids is 1. The fourth-order valence-electron chi connectivity index (χ4n) is 4.43. The van der Waals surface area contributed by atoms with Gasteiger partial charge in [-0.3, -0.25) is 9.78 Å². The number of carbonyl (C=O) groups is 1. The molecule has 2 aromatic rings. The molecule has 1 aromatic carbocycles. The zero-order chi connectivity index (χ0) is 23.1. The van der Waals surface area contributed by atoms with Gasteiger partial charge in [-0.1, -0.05) is 36.9 Å². The fraction of sp³-hybridized carbons (Fsp3) is 0.520. The summed E-state index contributed by atoms with van der Waals surface area (Å²) in [6, 6.07) is 7.67. The zero-order valence-electron chi connectivity index (χ0n) is 18.1. The molecule has 0 spiro atoms. The van der Waals surface area contributed by atoms with Crippen LogP contribution in [0.25, 0.3) is 0 Å². The summed E-state index contributed by atoms with van der Waals surface area (Å²) < 4.78 is 39.4. The number of aromatic nitrogens is 1. The molecule has 1 atom stereocenters. The number of carboxylic acid groups (broad SMARTS) is 1. The Bertz CT molecular complexity index is 930. The van der Waals surface area contributed by atoms with Crippen molar-refractivity contribution in [2.75, 3.05) is 0 Å². The molecular weight excluding hydrogens is 439 g/mol. The van der Waals surface area contributed by atoms with Gasteiger partial charge in [-0.05, 0) is 86.3 Å². The van der Waals surface area contributed by atoms with Gasteiger partial charge in [-0.2, -0.15) is 13.2 Å². The van der Waals surface area contributed by atoms with Crippen LogP contribution in [0.5, 0.6) is 0 Å². The number of carboxylic acids is 1. The summed E-state index contributed by atoms with van der Waals surface area (Å²) in [5.41, 5.74) is 3.23. The Morgan fingerprint density at radius 2 is 1.81 bits per heavy atom. The van der Waals surface area contributed by atoms with Crippen molar-refractivity contribution < 1.29 is 23.1 Å². The molecule has 1 aliphatic carbocycles. The normalized spacial score (nSPS) is 14.8. The Labute approximate surface area is 192 Å². The lowest BCUT2D eigenvalue weighted by Gasteiger charge is -2.18. The first-order valence-corrected chi connectivity index (χ1v) is 11.7. The quantitative estimate of drug-likeness (QED) is 0.371. The third-order valence-corrected chi connectivity index (χ3v) is 6.33. The van der Waals surface area contributed by atoms with Gasteiger partial charge in [0, 0.05) is 16.4 Å². The molecule has 1 aromatic heterocycles. The Morgan fingerprint density at radius 1 is 1.06 bits per heavy atom. The molecule has 0 amide bonds. The van der Waals surface area contributed by atoms with Crippen molar-refractivity contribution >= 4 is 17.6 Å². The van der Waals surface area contributed by atoms with Crippen LogP contribution in [0.4, 0.5) is 13.2 Å². The van der Waals surface area contributed by atoms with Crippen LogP contribution in [0.15, 0.2) is 30.3 Å². The summed E-state index contributed by atoms with van der Waals surface area (Å²) in [6.07, 6.45) is 4.95. The van der Waals surface area contributed by atoms with Gasteiger partial charge >= 0.3 is 12.1 Å². The number of alkyl halides is 3. The first kappa shape index (κ1) is 24.6. The van der Waals surface area contributed by atoms with Crippen LogP contribution in [-0.4, -0.2) is 16.1 Å². The first-order chi connectivity index (χ1) is 15.2. The van der Waals surface area contributed by atoms with Crippen molar-refractivity contribution in [3.63, 3.8) is 0 Å². The molecule has 7 heteroatoms. The standard InChI is InChI=1S/C25H29ClF3NO2/c26-21-14-19(13-20(16-21)25(27,28)29)18(15-24(31)32)8-3-1-2-4-9-22-12-11-17-7-5-6-10-23(17)30-22/h11-14,16,18H,1-10,15H2,(H,31,32)/t18-/m0/s1. The summed E-state index contributed by atoms with van der Waals surface area (Å²) in [5, 5.41) is 9.21. The monoisotopic (exact) mass is 467 g/mol. The molecule has 0 saturated heterocycles. The SMILES string of the molecule is O=C(O)C[C@H](CCCCCCc1ccc2c(n1)CCCC2)c1cc(Cl)cc(C(F)(F)F)c1. The fourth-order valence-corrected chi connectivity index (χ4v) is 4.67. The van der Waals surface area contributed by atoms with Gasteiger partial charge < -0.3 is 5.11 Å². The minimum atomic E-state index is -4.52. The average molecular weight is 468 g/mol. The number of hydrogen-bond acceptors (Lipinski definition) is 2. The van der Waals surface area contributed by atoms with Gasteiger partial charge in [0.1, 0.15) is 0 Å². The second-order valence-corrected chi connectivity index (χ2v) is 9.07. The predicted octanol–water partition coefficient (Wildman–Crippen LogP) is 7.38. The van der Waals surface area contributed by atoms with Crippen LogP contribution in [-0.2, 0) is 30.2 Å². The Morgan fingerprint density at radius 3 is 2.56 bits per heavy atom. The van der Waals surface area contributed by atoms with Crippen molar-refractivity contribution in [2.45, 2.75) is 82.7 Å². The van der Waals surface area contributed by atoms with Crippen LogP contribution >= 0.6 is 11.6 Å². The highest BCUT2D eigenvalue weighted by atomic mass is 35.5. The van der Waals surface area contributed by atoms with Gasteiger partial charge in [-0.25, -0.2) is 0 Å². The Kier molecular flexibility index (Phi) is 8.57. The Balaban J connectivity index is 1.50. The van der Waals surface area contributed by atoms with E-state index in [9.17, 15) is 23.1 Å². The number of rotatable bonds is 10. The van der Waals surface area contributed by atoms with E-state index < -0.39 is 23.6 Å². The highest BCUT2D eigenvalue weighted by Crippen LogP contribution is 2.36. The van der Waals surface area contributed by atoms with E-state index in [1.807, 2.05) is 0 Å². The number of nitrogens with zero attached hydrogens (tertiary/aromatic N) is 1. The summed E-state index contributed by atoms with van der Waals surface area (Å²) >= 11 is 5.89. The molecule has 174 valence electrons. The van der Waals surface area contributed by atoms with E-state index in [2.05, 4.69) is 12.1 Å². The van der Waals surface area contributed by atoms with Gasteiger partial charge in [0.05, 0.1) is 12.0 Å². The molecule has 3 rings (SSSR count). The molecule has 32 heavy (non-hydrogen) atoms. The van der Waals surface area contributed by atoms with E-state index in [-0.39, 0.29) is 11.4 Å². The molecule has 0 radical (unpaired) electrons. The predicted molar refractivity (Wildman–Crippen MR) is 119 cm³/mol. The Hall–Kier alpha value is -2.08. The number of pyridine rings is 1. The molecule has 3 nitrogen and oxygen atoms in total. The van der Waals surface area contributed by atoms with Crippen LogP contribution < -0.4 is 0 Å². The summed E-state index contributed by atoms with van der Waals surface area (Å²) in [6.45, 7) is 0. The lowest BCUT2D eigenvalue weighted by atomic mass is 9.89. The highest BCUT2D eigenvalue weighted by molar-refractivity contribution is 6.30. The number of hydrogen-bond donors (Lipinski definition) is 1. The second kappa shape index (κ2) is 11.2. The molecule has 0 unspecified atom stereocenters. The van der Waals surface area contributed by atoms with Crippen LogP contribution in [0.1, 0.15) is 85.4 Å². The van der Waals surface area contributed by atoms with Gasteiger partial charge in [0.25, 0.3) is 0 Å². The van der Waals surface area contributed by atoms with Crippen molar-refractivity contribution in [1.82, 2.24) is 4.98 Å². The average Bonchev–Trinajstić information content (AvgIpc) is 2.74. The van der Waals surface area contributed by atoms with E-state index in [1.165, 1.54) is 30.2 Å². The molecule has 1 N–H and O–H groups in total. The topological polar surface area (TPSA) is 50.2 Å². The third kappa shape index (κ3) is 7.22.